The number of alkyl halides is 3. The van der Waals surface area contributed by atoms with Crippen LogP contribution in [0.25, 0.3) is 0 Å². The zero-order valence-corrected chi connectivity index (χ0v) is 15.9. The Hall–Kier alpha value is -1.96. The van der Waals surface area contributed by atoms with Crippen LogP contribution in [0.5, 0.6) is 0 Å². The molecule has 3 aliphatic heterocycles. The Morgan fingerprint density at radius 3 is 2.54 bits per heavy atom. The van der Waals surface area contributed by atoms with Crippen molar-refractivity contribution in [2.45, 2.75) is 43.9 Å². The van der Waals surface area contributed by atoms with E-state index in [2.05, 4.69) is 10.2 Å². The second kappa shape index (κ2) is 7.81. The Balaban J connectivity index is 1.31. The number of amides is 2. The molecule has 3 saturated heterocycles. The Labute approximate surface area is 163 Å². The predicted octanol–water partition coefficient (Wildman–Crippen LogP) is 3.16. The second-order valence-corrected chi connectivity index (χ2v) is 7.97. The van der Waals surface area contributed by atoms with Crippen LogP contribution in [-0.2, 0) is 6.18 Å². The molecule has 3 fully saturated rings. The van der Waals surface area contributed by atoms with Crippen molar-refractivity contribution in [1.82, 2.24) is 15.1 Å². The van der Waals surface area contributed by atoms with Gasteiger partial charge in [-0.3, -0.25) is 4.90 Å². The van der Waals surface area contributed by atoms with Gasteiger partial charge in [-0.2, -0.15) is 13.2 Å². The van der Waals surface area contributed by atoms with E-state index in [9.17, 15) is 18.0 Å². The van der Waals surface area contributed by atoms with Crippen LogP contribution in [0.4, 0.5) is 23.7 Å². The summed E-state index contributed by atoms with van der Waals surface area (Å²) in [4.78, 5) is 18.9. The summed E-state index contributed by atoms with van der Waals surface area (Å²) in [5, 5.41) is 3.21. The lowest BCUT2D eigenvalue weighted by molar-refractivity contribution is -0.137. The lowest BCUT2D eigenvalue weighted by Crippen LogP contribution is -2.55. The lowest BCUT2D eigenvalue weighted by atomic mass is 9.99. The molecule has 28 heavy (non-hydrogen) atoms. The summed E-state index contributed by atoms with van der Waals surface area (Å²) < 4.78 is 38.8. The number of carbonyl (C=O) groups excluding carboxylic acids is 1. The van der Waals surface area contributed by atoms with E-state index in [4.69, 9.17) is 0 Å². The Bertz CT molecular complexity index is 703. The van der Waals surface area contributed by atoms with Crippen LogP contribution in [0, 0.1) is 0 Å². The highest BCUT2D eigenvalue weighted by Crippen LogP contribution is 2.32. The number of nitrogens with zero attached hydrogens (tertiary/aromatic N) is 3. The van der Waals surface area contributed by atoms with E-state index in [-0.39, 0.29) is 12.1 Å². The number of hydrogen-bond donors (Lipinski definition) is 1. The molecule has 1 N–H and O–H groups in total. The number of piperidine rings is 1. The largest absolute Gasteiger partial charge is 0.416 e. The maximum atomic E-state index is 12.9. The van der Waals surface area contributed by atoms with Gasteiger partial charge in [0.2, 0.25) is 0 Å². The molecule has 3 aliphatic rings. The van der Waals surface area contributed by atoms with Gasteiger partial charge in [-0.1, -0.05) is 12.5 Å². The van der Waals surface area contributed by atoms with Crippen LogP contribution in [0.2, 0.25) is 0 Å². The van der Waals surface area contributed by atoms with Crippen molar-refractivity contribution in [1.29, 1.82) is 0 Å². The Kier molecular flexibility index (Phi) is 5.40. The van der Waals surface area contributed by atoms with Gasteiger partial charge in [-0.05, 0) is 44.0 Å². The fourth-order valence-corrected chi connectivity index (χ4v) is 4.71. The first kappa shape index (κ1) is 19.4. The Morgan fingerprint density at radius 1 is 1.00 bits per heavy atom. The first-order valence-electron chi connectivity index (χ1n) is 10.1. The quantitative estimate of drug-likeness (QED) is 0.835. The molecular weight excluding hydrogens is 369 g/mol. The maximum absolute atomic E-state index is 12.9. The summed E-state index contributed by atoms with van der Waals surface area (Å²) in [7, 11) is 0. The minimum atomic E-state index is -4.34. The molecule has 8 heteroatoms. The molecule has 2 amide bonds. The zero-order valence-electron chi connectivity index (χ0n) is 15.9. The summed E-state index contributed by atoms with van der Waals surface area (Å²) in [6, 6.07) is 6.04. The van der Waals surface area contributed by atoms with Crippen molar-refractivity contribution >= 4 is 11.7 Å². The maximum Gasteiger partial charge on any atom is 0.416 e. The monoisotopic (exact) mass is 396 g/mol. The normalized spacial score (nSPS) is 26.2. The van der Waals surface area contributed by atoms with Crippen LogP contribution in [0.15, 0.2) is 24.3 Å². The Morgan fingerprint density at radius 2 is 1.79 bits per heavy atom. The van der Waals surface area contributed by atoms with Crippen molar-refractivity contribution in [2.75, 3.05) is 44.2 Å². The van der Waals surface area contributed by atoms with Gasteiger partial charge in [-0.25, -0.2) is 4.79 Å². The number of urea groups is 1. The molecule has 5 nitrogen and oxygen atoms in total. The van der Waals surface area contributed by atoms with E-state index in [1.165, 1.54) is 25.0 Å². The molecular formula is C20H27F3N4O. The molecule has 0 aliphatic carbocycles. The van der Waals surface area contributed by atoms with E-state index < -0.39 is 11.7 Å². The molecule has 0 radical (unpaired) electrons. The molecule has 0 saturated carbocycles. The highest BCUT2D eigenvalue weighted by molar-refractivity contribution is 5.75. The van der Waals surface area contributed by atoms with Gasteiger partial charge in [0.15, 0.2) is 0 Å². The second-order valence-electron chi connectivity index (χ2n) is 7.97. The van der Waals surface area contributed by atoms with Gasteiger partial charge < -0.3 is 15.1 Å². The van der Waals surface area contributed by atoms with E-state index in [0.29, 0.717) is 37.9 Å². The van der Waals surface area contributed by atoms with Crippen LogP contribution in [-0.4, -0.2) is 67.2 Å². The van der Waals surface area contributed by atoms with Gasteiger partial charge in [0, 0.05) is 50.5 Å². The van der Waals surface area contributed by atoms with E-state index in [1.54, 1.807) is 11.0 Å². The first-order chi connectivity index (χ1) is 13.4. The fourth-order valence-electron chi connectivity index (χ4n) is 4.71. The van der Waals surface area contributed by atoms with E-state index in [0.717, 1.165) is 32.0 Å². The smallest absolute Gasteiger partial charge is 0.368 e. The SMILES string of the molecule is O=C(NC1CCN2CCCCC12)N1CCN(c2cccc(C(F)(F)F)c2)CC1. The van der Waals surface area contributed by atoms with Crippen LogP contribution in [0.3, 0.4) is 0 Å². The third kappa shape index (κ3) is 4.06. The number of nitrogens with one attached hydrogen (secondary N) is 1. The van der Waals surface area contributed by atoms with Gasteiger partial charge in [0.1, 0.15) is 0 Å². The number of fused-ring (bicyclic) bond motifs is 1. The average Bonchev–Trinajstić information content (AvgIpc) is 3.10. The van der Waals surface area contributed by atoms with Gasteiger partial charge >= 0.3 is 12.2 Å². The zero-order chi connectivity index (χ0) is 19.7. The minimum absolute atomic E-state index is 0.0406. The summed E-state index contributed by atoms with van der Waals surface area (Å²) >= 11 is 0. The third-order valence-corrected chi connectivity index (χ3v) is 6.27. The summed E-state index contributed by atoms with van der Waals surface area (Å²) in [5.41, 5.74) is -0.0769. The molecule has 1 aromatic rings. The predicted molar refractivity (Wildman–Crippen MR) is 101 cm³/mol. The van der Waals surface area contributed by atoms with Crippen LogP contribution in [0.1, 0.15) is 31.2 Å². The number of anilines is 1. The number of carbonyl (C=O) groups is 1. The number of piperazine rings is 1. The fraction of sp³-hybridized carbons (Fsp3) is 0.650. The molecule has 2 unspecified atom stereocenters. The summed E-state index contributed by atoms with van der Waals surface area (Å²) in [6.45, 7) is 4.29. The number of benzene rings is 1. The van der Waals surface area contributed by atoms with Crippen molar-refractivity contribution in [3.63, 3.8) is 0 Å². The molecule has 0 aromatic heterocycles. The molecule has 2 atom stereocenters. The van der Waals surface area contributed by atoms with Gasteiger partial charge in [-0.15, -0.1) is 0 Å². The molecule has 154 valence electrons. The number of hydrogen-bond acceptors (Lipinski definition) is 3. The standard InChI is InChI=1S/C20H27F3N4O/c21-20(22,23)15-4-3-5-16(14-15)25-10-12-27(13-11-25)19(28)24-17-7-9-26-8-2-1-6-18(17)26/h3-5,14,17-18H,1-2,6-13H2,(H,24,28). The molecule has 3 heterocycles. The van der Waals surface area contributed by atoms with Crippen molar-refractivity contribution < 1.29 is 18.0 Å². The highest BCUT2D eigenvalue weighted by atomic mass is 19.4. The van der Waals surface area contributed by atoms with Gasteiger partial charge in [0.05, 0.1) is 5.56 Å². The topological polar surface area (TPSA) is 38.8 Å². The van der Waals surface area contributed by atoms with Crippen molar-refractivity contribution in [3.8, 4) is 0 Å². The minimum Gasteiger partial charge on any atom is -0.368 e. The van der Waals surface area contributed by atoms with Crippen molar-refractivity contribution in [2.24, 2.45) is 0 Å². The lowest BCUT2D eigenvalue weighted by Gasteiger charge is -2.38. The summed E-state index contributed by atoms with van der Waals surface area (Å²) in [5.74, 6) is 0. The van der Waals surface area contributed by atoms with Crippen LogP contribution >= 0.6 is 0 Å². The highest BCUT2D eigenvalue weighted by Gasteiger charge is 2.37. The average molecular weight is 396 g/mol. The molecule has 1 aromatic carbocycles. The van der Waals surface area contributed by atoms with Crippen molar-refractivity contribution in [3.05, 3.63) is 29.8 Å². The molecule has 0 spiro atoms. The van der Waals surface area contributed by atoms with Crippen LogP contribution < -0.4 is 10.2 Å². The van der Waals surface area contributed by atoms with E-state index >= 15 is 0 Å². The summed E-state index contributed by atoms with van der Waals surface area (Å²) in [6.07, 6.45) is 0.277. The van der Waals surface area contributed by atoms with E-state index in [1.807, 2.05) is 4.90 Å². The number of rotatable bonds is 2. The van der Waals surface area contributed by atoms with Gasteiger partial charge in [0.25, 0.3) is 0 Å². The molecule has 0 bridgehead atoms. The third-order valence-electron chi connectivity index (χ3n) is 6.27. The first-order valence-corrected chi connectivity index (χ1v) is 10.1. The number of halogens is 3. The molecule has 4 rings (SSSR count).